The standard InChI is InChI=1S/C24H20ClN3O2S2/c1-31-19-9-5-8-18(13-19)26-22(29)15-32-24-27-21-11-3-2-10-20(21)23(30)28(24)14-16-6-4-7-17(25)12-16/h2-13H,14-15H2,1H3,(H,26,29). The van der Waals surface area contributed by atoms with Crippen LogP contribution in [0.5, 0.6) is 0 Å². The first-order valence-corrected chi connectivity index (χ1v) is 12.4. The molecule has 0 spiro atoms. The van der Waals surface area contributed by atoms with Gasteiger partial charge in [0.25, 0.3) is 5.56 Å². The number of rotatable bonds is 7. The molecule has 0 aliphatic carbocycles. The van der Waals surface area contributed by atoms with Crippen molar-refractivity contribution in [1.82, 2.24) is 9.55 Å². The third-order valence-electron chi connectivity index (χ3n) is 4.74. The lowest BCUT2D eigenvalue weighted by molar-refractivity contribution is -0.113. The Morgan fingerprint density at radius 1 is 1.06 bits per heavy atom. The first-order valence-electron chi connectivity index (χ1n) is 9.84. The lowest BCUT2D eigenvalue weighted by atomic mass is 10.2. The van der Waals surface area contributed by atoms with E-state index in [4.69, 9.17) is 11.6 Å². The number of benzene rings is 3. The van der Waals surface area contributed by atoms with Gasteiger partial charge in [0.05, 0.1) is 23.2 Å². The number of halogens is 1. The topological polar surface area (TPSA) is 64.0 Å². The minimum absolute atomic E-state index is 0.129. The van der Waals surface area contributed by atoms with Gasteiger partial charge in [-0.25, -0.2) is 4.98 Å². The third-order valence-corrected chi connectivity index (χ3v) is 6.68. The average Bonchev–Trinajstić information content (AvgIpc) is 2.80. The Labute approximate surface area is 199 Å². The Morgan fingerprint density at radius 3 is 2.69 bits per heavy atom. The number of amides is 1. The molecule has 0 aliphatic rings. The van der Waals surface area contributed by atoms with Crippen molar-refractivity contribution in [3.63, 3.8) is 0 Å². The molecule has 0 fully saturated rings. The van der Waals surface area contributed by atoms with Crippen LogP contribution in [0.4, 0.5) is 5.69 Å². The fraction of sp³-hybridized carbons (Fsp3) is 0.125. The Kier molecular flexibility index (Phi) is 7.19. The van der Waals surface area contributed by atoms with Crippen molar-refractivity contribution in [3.05, 3.63) is 93.7 Å². The summed E-state index contributed by atoms with van der Waals surface area (Å²) in [5, 5.41) is 4.54. The summed E-state index contributed by atoms with van der Waals surface area (Å²) in [4.78, 5) is 31.5. The number of para-hydroxylation sites is 1. The SMILES string of the molecule is CSc1cccc(NC(=O)CSc2nc3ccccc3c(=O)n2Cc2cccc(Cl)c2)c1. The Balaban J connectivity index is 1.60. The zero-order chi connectivity index (χ0) is 22.5. The van der Waals surface area contributed by atoms with Crippen LogP contribution in [0.15, 0.2) is 87.6 Å². The van der Waals surface area contributed by atoms with Gasteiger partial charge in [0.15, 0.2) is 5.16 Å². The van der Waals surface area contributed by atoms with Crippen molar-refractivity contribution in [2.75, 3.05) is 17.3 Å². The summed E-state index contributed by atoms with van der Waals surface area (Å²) >= 11 is 8.98. The molecule has 5 nitrogen and oxygen atoms in total. The summed E-state index contributed by atoms with van der Waals surface area (Å²) in [7, 11) is 0. The second-order valence-corrected chi connectivity index (χ2v) is 9.26. The van der Waals surface area contributed by atoms with Crippen molar-refractivity contribution in [2.45, 2.75) is 16.6 Å². The van der Waals surface area contributed by atoms with Gasteiger partial charge >= 0.3 is 0 Å². The van der Waals surface area contributed by atoms with Crippen molar-refractivity contribution < 1.29 is 4.79 Å². The minimum atomic E-state index is -0.162. The second-order valence-electron chi connectivity index (χ2n) is 7.00. The van der Waals surface area contributed by atoms with Crippen LogP contribution in [-0.4, -0.2) is 27.5 Å². The van der Waals surface area contributed by atoms with E-state index in [1.165, 1.54) is 11.8 Å². The lowest BCUT2D eigenvalue weighted by Gasteiger charge is -2.13. The van der Waals surface area contributed by atoms with Crippen LogP contribution in [0.1, 0.15) is 5.56 Å². The van der Waals surface area contributed by atoms with Gasteiger partial charge in [-0.15, -0.1) is 11.8 Å². The molecule has 0 radical (unpaired) electrons. The molecule has 1 heterocycles. The number of aromatic nitrogens is 2. The lowest BCUT2D eigenvalue weighted by Crippen LogP contribution is -2.25. The van der Waals surface area contributed by atoms with E-state index in [0.29, 0.717) is 27.6 Å². The third kappa shape index (κ3) is 5.35. The average molecular weight is 482 g/mol. The van der Waals surface area contributed by atoms with Gasteiger partial charge in [0.1, 0.15) is 0 Å². The summed E-state index contributed by atoms with van der Waals surface area (Å²) in [5.74, 6) is -0.0333. The molecule has 162 valence electrons. The molecule has 1 amide bonds. The van der Waals surface area contributed by atoms with E-state index >= 15 is 0 Å². The number of thioether (sulfide) groups is 2. The quantitative estimate of drug-likeness (QED) is 0.277. The van der Waals surface area contributed by atoms with Gasteiger partial charge in [-0.2, -0.15) is 0 Å². The maximum Gasteiger partial charge on any atom is 0.262 e. The molecule has 0 bridgehead atoms. The second kappa shape index (κ2) is 10.3. The van der Waals surface area contributed by atoms with Crippen LogP contribution < -0.4 is 10.9 Å². The van der Waals surface area contributed by atoms with E-state index in [1.807, 2.05) is 60.9 Å². The molecule has 0 saturated carbocycles. The highest BCUT2D eigenvalue weighted by Gasteiger charge is 2.14. The molecule has 4 rings (SSSR count). The molecule has 4 aromatic rings. The van der Waals surface area contributed by atoms with Gasteiger partial charge in [0, 0.05) is 15.6 Å². The van der Waals surface area contributed by atoms with Crippen LogP contribution in [0.2, 0.25) is 5.02 Å². The Hall–Kier alpha value is -2.74. The predicted molar refractivity (Wildman–Crippen MR) is 134 cm³/mol. The molecule has 1 N–H and O–H groups in total. The number of hydrogen-bond donors (Lipinski definition) is 1. The fourth-order valence-electron chi connectivity index (χ4n) is 3.24. The number of hydrogen-bond acceptors (Lipinski definition) is 5. The van der Waals surface area contributed by atoms with Gasteiger partial charge < -0.3 is 5.32 Å². The molecule has 0 unspecified atom stereocenters. The number of fused-ring (bicyclic) bond motifs is 1. The number of carbonyl (C=O) groups excluding carboxylic acids is 1. The van der Waals surface area contributed by atoms with Crippen LogP contribution in [0.3, 0.4) is 0 Å². The Bertz CT molecular complexity index is 1340. The van der Waals surface area contributed by atoms with E-state index in [1.54, 1.807) is 34.5 Å². The maximum absolute atomic E-state index is 13.2. The molecule has 3 aromatic carbocycles. The highest BCUT2D eigenvalue weighted by Crippen LogP contribution is 2.22. The van der Waals surface area contributed by atoms with Gasteiger partial charge in [-0.1, -0.05) is 53.7 Å². The highest BCUT2D eigenvalue weighted by molar-refractivity contribution is 7.99. The summed E-state index contributed by atoms with van der Waals surface area (Å²) in [5.41, 5.74) is 2.09. The minimum Gasteiger partial charge on any atom is -0.325 e. The summed E-state index contributed by atoms with van der Waals surface area (Å²) < 4.78 is 1.60. The van der Waals surface area contributed by atoms with Crippen LogP contribution in [0, 0.1) is 0 Å². The first kappa shape index (κ1) is 22.5. The molecular weight excluding hydrogens is 462 g/mol. The number of carbonyl (C=O) groups is 1. The molecule has 0 atom stereocenters. The van der Waals surface area contributed by atoms with Crippen LogP contribution >= 0.6 is 35.1 Å². The molecule has 0 saturated heterocycles. The largest absolute Gasteiger partial charge is 0.325 e. The van der Waals surface area contributed by atoms with Crippen LogP contribution in [-0.2, 0) is 11.3 Å². The van der Waals surface area contributed by atoms with E-state index in [-0.39, 0.29) is 17.2 Å². The molecule has 1 aromatic heterocycles. The number of nitrogens with one attached hydrogen (secondary N) is 1. The number of nitrogens with zero attached hydrogens (tertiary/aromatic N) is 2. The predicted octanol–water partition coefficient (Wildman–Crippen LogP) is 5.55. The smallest absolute Gasteiger partial charge is 0.262 e. The monoisotopic (exact) mass is 481 g/mol. The molecule has 8 heteroatoms. The molecule has 32 heavy (non-hydrogen) atoms. The van der Waals surface area contributed by atoms with Crippen molar-refractivity contribution in [3.8, 4) is 0 Å². The van der Waals surface area contributed by atoms with Crippen LogP contribution in [0.25, 0.3) is 10.9 Å². The van der Waals surface area contributed by atoms with Crippen molar-refractivity contribution in [1.29, 1.82) is 0 Å². The summed E-state index contributed by atoms with van der Waals surface area (Å²) in [6, 6.07) is 22.3. The summed E-state index contributed by atoms with van der Waals surface area (Å²) in [6.07, 6.45) is 1.99. The van der Waals surface area contributed by atoms with E-state index in [2.05, 4.69) is 10.3 Å². The number of anilines is 1. The van der Waals surface area contributed by atoms with Gasteiger partial charge in [-0.3, -0.25) is 14.2 Å². The van der Waals surface area contributed by atoms with Crippen molar-refractivity contribution >= 4 is 57.6 Å². The molecule has 0 aliphatic heterocycles. The summed E-state index contributed by atoms with van der Waals surface area (Å²) in [6.45, 7) is 0.316. The maximum atomic E-state index is 13.2. The van der Waals surface area contributed by atoms with E-state index in [9.17, 15) is 9.59 Å². The van der Waals surface area contributed by atoms with Gasteiger partial charge in [-0.05, 0) is 54.3 Å². The van der Waals surface area contributed by atoms with E-state index in [0.717, 1.165) is 16.1 Å². The Morgan fingerprint density at radius 2 is 1.88 bits per heavy atom. The van der Waals surface area contributed by atoms with E-state index < -0.39 is 0 Å². The van der Waals surface area contributed by atoms with Crippen molar-refractivity contribution in [2.24, 2.45) is 0 Å². The fourth-order valence-corrected chi connectivity index (χ4v) is 4.71. The zero-order valence-corrected chi connectivity index (χ0v) is 19.6. The first-order chi connectivity index (χ1) is 15.5. The normalized spacial score (nSPS) is 10.9. The zero-order valence-electron chi connectivity index (χ0n) is 17.2. The highest BCUT2D eigenvalue weighted by atomic mass is 35.5. The van der Waals surface area contributed by atoms with Gasteiger partial charge in [0.2, 0.25) is 5.91 Å². The molecular formula is C24H20ClN3O2S2.